The number of pyridine rings is 1. The van der Waals surface area contributed by atoms with Crippen LogP contribution in [0.4, 0.5) is 11.4 Å². The number of rotatable bonds is 10. The number of amides is 2. The van der Waals surface area contributed by atoms with E-state index in [1.165, 1.54) is 0 Å². The van der Waals surface area contributed by atoms with Crippen molar-refractivity contribution in [3.8, 4) is 22.8 Å². The second kappa shape index (κ2) is 12.5. The van der Waals surface area contributed by atoms with Crippen molar-refractivity contribution in [2.75, 3.05) is 56.9 Å². The first-order valence-electron chi connectivity index (χ1n) is 14.8. The lowest BCUT2D eigenvalue weighted by Gasteiger charge is -2.36. The van der Waals surface area contributed by atoms with E-state index in [4.69, 9.17) is 14.2 Å². The van der Waals surface area contributed by atoms with Gasteiger partial charge < -0.3 is 29.3 Å². The molecular weight excluding hydrogens is 532 g/mol. The summed E-state index contributed by atoms with van der Waals surface area (Å²) in [6, 6.07) is 18.4. The van der Waals surface area contributed by atoms with Crippen molar-refractivity contribution in [3.63, 3.8) is 0 Å². The Morgan fingerprint density at radius 1 is 1.10 bits per heavy atom. The Morgan fingerprint density at radius 3 is 2.76 bits per heavy atom. The number of piperidine rings is 1. The van der Waals surface area contributed by atoms with Crippen molar-refractivity contribution in [1.29, 1.82) is 0 Å². The number of carbonyl (C=O) groups excluding carboxylic acids is 2. The van der Waals surface area contributed by atoms with Crippen LogP contribution in [0.5, 0.6) is 11.6 Å². The summed E-state index contributed by atoms with van der Waals surface area (Å²) in [5, 5.41) is 3.48. The van der Waals surface area contributed by atoms with Crippen molar-refractivity contribution in [2.45, 2.75) is 37.6 Å². The Balaban J connectivity index is 1.29. The number of carbonyl (C=O) groups is 2. The van der Waals surface area contributed by atoms with Crippen LogP contribution in [0.1, 0.15) is 37.2 Å². The maximum atomic E-state index is 14.5. The van der Waals surface area contributed by atoms with Gasteiger partial charge in [0.15, 0.2) is 6.61 Å². The first-order valence-corrected chi connectivity index (χ1v) is 14.8. The largest absolute Gasteiger partial charge is 0.482 e. The van der Waals surface area contributed by atoms with E-state index in [2.05, 4.69) is 34.6 Å². The second-order valence-electron chi connectivity index (χ2n) is 11.2. The van der Waals surface area contributed by atoms with E-state index in [9.17, 15) is 9.59 Å². The quantitative estimate of drug-likeness (QED) is 0.361. The molecule has 0 unspecified atom stereocenters. The summed E-state index contributed by atoms with van der Waals surface area (Å²) in [6.45, 7) is 2.61. The lowest BCUT2D eigenvalue weighted by atomic mass is 9.79. The van der Waals surface area contributed by atoms with Crippen LogP contribution in [0, 0.1) is 5.92 Å². The number of nitrogens with one attached hydrogen (secondary N) is 1. The number of nitrogens with zero attached hydrogens (tertiary/aromatic N) is 3. The number of methoxy groups -OCH3 is 2. The van der Waals surface area contributed by atoms with Crippen LogP contribution in [0.25, 0.3) is 11.1 Å². The van der Waals surface area contributed by atoms with Crippen molar-refractivity contribution in [3.05, 3.63) is 66.4 Å². The third-order valence-electron chi connectivity index (χ3n) is 8.43. The zero-order valence-electron chi connectivity index (χ0n) is 24.3. The van der Waals surface area contributed by atoms with Gasteiger partial charge in [-0.3, -0.25) is 9.59 Å². The standard InChI is InChI=1S/C33H38N4O5/c1-40-16-4-15-36-29-19-26(9-10-30(29)42-21-32(36)38)37(25-7-8-25)33(39)28-20-34-13-12-27(28)24-6-3-5-22(17-24)23-11-14-35-31(18-23)41-2/h3,5-6,9-11,14,17-19,25,27-28,34H,4,7-8,12-13,15-16,20-21H2,1-2H3/t27-,28+/m1/s1. The predicted octanol–water partition coefficient (Wildman–Crippen LogP) is 4.41. The van der Waals surface area contributed by atoms with Gasteiger partial charge in [-0.1, -0.05) is 24.3 Å². The molecule has 0 bridgehead atoms. The van der Waals surface area contributed by atoms with E-state index >= 15 is 0 Å². The lowest BCUT2D eigenvalue weighted by molar-refractivity contribution is -0.123. The second-order valence-corrected chi connectivity index (χ2v) is 11.2. The Morgan fingerprint density at radius 2 is 1.95 bits per heavy atom. The van der Waals surface area contributed by atoms with E-state index in [-0.39, 0.29) is 36.3 Å². The van der Waals surface area contributed by atoms with Crippen molar-refractivity contribution in [1.82, 2.24) is 10.3 Å². The van der Waals surface area contributed by atoms with Crippen molar-refractivity contribution < 1.29 is 23.8 Å². The van der Waals surface area contributed by atoms with Gasteiger partial charge in [-0.25, -0.2) is 4.98 Å². The van der Waals surface area contributed by atoms with Crippen LogP contribution in [0.3, 0.4) is 0 Å². The molecule has 1 saturated carbocycles. The first kappa shape index (κ1) is 28.2. The molecule has 2 atom stereocenters. The number of fused-ring (bicyclic) bond motifs is 1. The van der Waals surface area contributed by atoms with Crippen molar-refractivity contribution >= 4 is 23.2 Å². The smallest absolute Gasteiger partial charge is 0.265 e. The molecule has 2 amide bonds. The fourth-order valence-electron chi connectivity index (χ4n) is 6.15. The van der Waals surface area contributed by atoms with Crippen LogP contribution in [-0.2, 0) is 14.3 Å². The Labute approximate surface area is 246 Å². The van der Waals surface area contributed by atoms with Gasteiger partial charge in [0.05, 0.1) is 18.7 Å². The van der Waals surface area contributed by atoms with Gasteiger partial charge in [-0.2, -0.15) is 0 Å². The number of benzene rings is 2. The average molecular weight is 571 g/mol. The molecule has 9 nitrogen and oxygen atoms in total. The fraction of sp³-hybridized carbons (Fsp3) is 0.424. The molecular formula is C33H38N4O5. The van der Waals surface area contributed by atoms with Crippen molar-refractivity contribution in [2.24, 2.45) is 5.92 Å². The molecule has 6 rings (SSSR count). The summed E-state index contributed by atoms with van der Waals surface area (Å²) in [5.74, 6) is 1.15. The van der Waals surface area contributed by atoms with Crippen LogP contribution in [0.15, 0.2) is 60.8 Å². The normalized spacial score (nSPS) is 20.0. The van der Waals surface area contributed by atoms with Gasteiger partial charge in [-0.05, 0) is 79.1 Å². The minimum absolute atomic E-state index is 0.0192. The molecule has 1 aliphatic carbocycles. The molecule has 3 heterocycles. The molecule has 0 radical (unpaired) electrons. The van der Waals surface area contributed by atoms with Gasteiger partial charge >= 0.3 is 0 Å². The maximum absolute atomic E-state index is 14.5. The van der Waals surface area contributed by atoms with E-state index in [1.807, 2.05) is 35.2 Å². The number of hydrogen-bond donors (Lipinski definition) is 1. The molecule has 0 spiro atoms. The number of aromatic nitrogens is 1. The van der Waals surface area contributed by atoms with Gasteiger partial charge in [0, 0.05) is 50.8 Å². The maximum Gasteiger partial charge on any atom is 0.265 e. The Bertz CT molecular complexity index is 1440. The van der Waals surface area contributed by atoms with Crippen LogP contribution in [0.2, 0.25) is 0 Å². The van der Waals surface area contributed by atoms with Crippen LogP contribution < -0.4 is 24.6 Å². The molecule has 3 aromatic rings. The predicted molar refractivity (Wildman–Crippen MR) is 161 cm³/mol. The highest BCUT2D eigenvalue weighted by Gasteiger charge is 2.41. The minimum Gasteiger partial charge on any atom is -0.482 e. The molecule has 1 saturated heterocycles. The third kappa shape index (κ3) is 5.84. The number of ether oxygens (including phenoxy) is 3. The summed E-state index contributed by atoms with van der Waals surface area (Å²) in [6.07, 6.45) is 5.29. The molecule has 2 aliphatic heterocycles. The number of hydrogen-bond acceptors (Lipinski definition) is 7. The molecule has 42 heavy (non-hydrogen) atoms. The monoisotopic (exact) mass is 570 g/mol. The molecule has 9 heteroatoms. The number of anilines is 2. The lowest BCUT2D eigenvalue weighted by Crippen LogP contribution is -2.47. The SMILES string of the molecule is COCCCN1C(=O)COc2ccc(N(C(=O)[C@H]3CNCC[C@@H]3c3cccc(-c4ccnc(OC)c4)c3)C3CC3)cc21. The molecule has 3 aliphatic rings. The highest BCUT2D eigenvalue weighted by molar-refractivity contribution is 6.01. The summed E-state index contributed by atoms with van der Waals surface area (Å²) in [7, 11) is 3.28. The molecule has 1 N–H and O–H groups in total. The fourth-order valence-corrected chi connectivity index (χ4v) is 6.15. The zero-order valence-corrected chi connectivity index (χ0v) is 24.3. The third-order valence-corrected chi connectivity index (χ3v) is 8.43. The topological polar surface area (TPSA) is 93.2 Å². The van der Waals surface area contributed by atoms with Crippen LogP contribution in [-0.4, -0.2) is 69.9 Å². The van der Waals surface area contributed by atoms with Gasteiger partial charge in [0.2, 0.25) is 11.8 Å². The molecule has 2 aromatic carbocycles. The summed E-state index contributed by atoms with van der Waals surface area (Å²) >= 11 is 0. The zero-order chi connectivity index (χ0) is 29.1. The molecule has 1 aromatic heterocycles. The average Bonchev–Trinajstić information content (AvgIpc) is 3.87. The summed E-state index contributed by atoms with van der Waals surface area (Å²) in [4.78, 5) is 35.2. The van der Waals surface area contributed by atoms with E-state index in [1.54, 1.807) is 25.3 Å². The minimum atomic E-state index is -0.215. The van der Waals surface area contributed by atoms with E-state index in [0.717, 1.165) is 60.3 Å². The highest BCUT2D eigenvalue weighted by atomic mass is 16.5. The first-order chi connectivity index (χ1) is 20.6. The van der Waals surface area contributed by atoms with Gasteiger partial charge in [0.25, 0.3) is 5.91 Å². The van der Waals surface area contributed by atoms with Crippen LogP contribution >= 0.6 is 0 Å². The Kier molecular flexibility index (Phi) is 8.39. The molecule has 2 fully saturated rings. The summed E-state index contributed by atoms with van der Waals surface area (Å²) in [5.41, 5.74) is 4.80. The Hall–Kier alpha value is -3.95. The molecule has 220 valence electrons. The van der Waals surface area contributed by atoms with Gasteiger partial charge in [-0.15, -0.1) is 0 Å². The highest BCUT2D eigenvalue weighted by Crippen LogP contribution is 2.42. The van der Waals surface area contributed by atoms with E-state index < -0.39 is 0 Å². The van der Waals surface area contributed by atoms with E-state index in [0.29, 0.717) is 31.3 Å². The van der Waals surface area contributed by atoms with Gasteiger partial charge in [0.1, 0.15) is 5.75 Å². The summed E-state index contributed by atoms with van der Waals surface area (Å²) < 4.78 is 16.3.